The van der Waals surface area contributed by atoms with E-state index in [9.17, 15) is 9.18 Å². The molecule has 0 aromatic heterocycles. The third kappa shape index (κ3) is 4.51. The Labute approximate surface area is 133 Å². The summed E-state index contributed by atoms with van der Waals surface area (Å²) in [6, 6.07) is 11.3. The van der Waals surface area contributed by atoms with E-state index in [-0.39, 0.29) is 17.5 Å². The van der Waals surface area contributed by atoms with Crippen LogP contribution in [0.4, 0.5) is 10.1 Å². The van der Waals surface area contributed by atoms with Crippen LogP contribution in [-0.4, -0.2) is 11.7 Å². The van der Waals surface area contributed by atoms with Gasteiger partial charge in [0, 0.05) is 9.37 Å². The van der Waals surface area contributed by atoms with Gasteiger partial charge in [0.1, 0.15) is 5.82 Å². The summed E-state index contributed by atoms with van der Waals surface area (Å²) in [5.41, 5.74) is 0.569. The van der Waals surface area contributed by atoms with Crippen molar-refractivity contribution in [1.29, 1.82) is 0 Å². The van der Waals surface area contributed by atoms with Crippen LogP contribution in [0.1, 0.15) is 0 Å². The number of halogens is 3. The van der Waals surface area contributed by atoms with E-state index in [1.165, 1.54) is 23.9 Å². The first-order valence-corrected chi connectivity index (χ1v) is 7.83. The predicted molar refractivity (Wildman–Crippen MR) is 84.9 cm³/mol. The van der Waals surface area contributed by atoms with Crippen molar-refractivity contribution < 1.29 is 9.18 Å². The van der Waals surface area contributed by atoms with Crippen molar-refractivity contribution in [3.8, 4) is 0 Å². The molecule has 0 fully saturated rings. The zero-order valence-corrected chi connectivity index (χ0v) is 13.4. The fourth-order valence-electron chi connectivity index (χ4n) is 1.46. The number of benzene rings is 2. The van der Waals surface area contributed by atoms with Crippen molar-refractivity contribution in [3.63, 3.8) is 0 Å². The van der Waals surface area contributed by atoms with Gasteiger partial charge < -0.3 is 5.32 Å². The molecule has 104 valence electrons. The molecule has 2 nitrogen and oxygen atoms in total. The molecule has 0 aliphatic heterocycles. The minimum Gasteiger partial charge on any atom is -0.324 e. The lowest BCUT2D eigenvalue weighted by Gasteiger charge is -2.07. The van der Waals surface area contributed by atoms with Gasteiger partial charge in [-0.1, -0.05) is 27.5 Å². The van der Waals surface area contributed by atoms with Crippen LogP contribution in [0.3, 0.4) is 0 Å². The summed E-state index contributed by atoms with van der Waals surface area (Å²) in [6.45, 7) is 0. The van der Waals surface area contributed by atoms with Gasteiger partial charge in [-0.3, -0.25) is 4.79 Å². The zero-order valence-electron chi connectivity index (χ0n) is 10.2. The van der Waals surface area contributed by atoms with Gasteiger partial charge in [-0.15, -0.1) is 11.8 Å². The van der Waals surface area contributed by atoms with E-state index in [1.807, 2.05) is 0 Å². The molecule has 1 amide bonds. The van der Waals surface area contributed by atoms with E-state index >= 15 is 0 Å². The number of nitrogens with one attached hydrogen (secondary N) is 1. The highest BCUT2D eigenvalue weighted by Crippen LogP contribution is 2.26. The Morgan fingerprint density at radius 1 is 1.25 bits per heavy atom. The molecule has 0 saturated carbocycles. The highest BCUT2D eigenvalue weighted by molar-refractivity contribution is 9.10. The molecule has 0 heterocycles. The largest absolute Gasteiger partial charge is 0.324 e. The van der Waals surface area contributed by atoms with Gasteiger partial charge in [-0.05, 0) is 42.5 Å². The normalized spacial score (nSPS) is 10.3. The molecule has 0 unspecified atom stereocenters. The molecule has 2 aromatic carbocycles. The van der Waals surface area contributed by atoms with Gasteiger partial charge in [0.05, 0.1) is 16.5 Å². The first kappa shape index (κ1) is 15.4. The van der Waals surface area contributed by atoms with Crippen LogP contribution in [0, 0.1) is 5.82 Å². The van der Waals surface area contributed by atoms with Crippen LogP contribution in [0.15, 0.2) is 51.8 Å². The minimum absolute atomic E-state index is 0.163. The fraction of sp³-hybridized carbons (Fsp3) is 0.0714. The summed E-state index contributed by atoms with van der Waals surface area (Å²) in [5, 5.41) is 3.20. The summed E-state index contributed by atoms with van der Waals surface area (Å²) in [4.78, 5) is 12.7. The first-order chi connectivity index (χ1) is 9.54. The average molecular weight is 375 g/mol. The Balaban J connectivity index is 1.90. The van der Waals surface area contributed by atoms with Gasteiger partial charge >= 0.3 is 0 Å². The molecule has 0 bridgehead atoms. The molecular formula is C14H10BrClFNOS. The second-order valence-electron chi connectivity index (χ2n) is 3.91. The maximum Gasteiger partial charge on any atom is 0.234 e. The Kier molecular flexibility index (Phi) is 5.46. The Morgan fingerprint density at radius 3 is 2.60 bits per heavy atom. The highest BCUT2D eigenvalue weighted by Gasteiger charge is 2.07. The van der Waals surface area contributed by atoms with Crippen molar-refractivity contribution in [3.05, 3.63) is 57.8 Å². The van der Waals surface area contributed by atoms with E-state index in [2.05, 4.69) is 21.2 Å². The van der Waals surface area contributed by atoms with Gasteiger partial charge in [0.15, 0.2) is 0 Å². The number of hydrogen-bond acceptors (Lipinski definition) is 2. The van der Waals surface area contributed by atoms with Gasteiger partial charge in [0.25, 0.3) is 0 Å². The standard InChI is InChI=1S/C14H10BrClFNOS/c15-9-1-6-13(12(16)7-9)18-14(19)8-20-11-4-2-10(17)3-5-11/h1-7H,8H2,(H,18,19). The summed E-state index contributed by atoms with van der Waals surface area (Å²) < 4.78 is 13.6. The molecule has 6 heteroatoms. The van der Waals surface area contributed by atoms with Gasteiger partial charge in [-0.2, -0.15) is 0 Å². The monoisotopic (exact) mass is 373 g/mol. The van der Waals surface area contributed by atoms with Gasteiger partial charge in [-0.25, -0.2) is 4.39 Å². The van der Waals surface area contributed by atoms with E-state index < -0.39 is 0 Å². The molecule has 0 radical (unpaired) electrons. The third-order valence-corrected chi connectivity index (χ3v) is 4.21. The fourth-order valence-corrected chi connectivity index (χ4v) is 2.88. The molecule has 0 atom stereocenters. The minimum atomic E-state index is -0.291. The Hall–Kier alpha value is -1.04. The maximum atomic E-state index is 12.7. The summed E-state index contributed by atoms with van der Waals surface area (Å²) in [5.74, 6) is -0.220. The second kappa shape index (κ2) is 7.11. The third-order valence-electron chi connectivity index (χ3n) is 2.39. The molecule has 1 N–H and O–H groups in total. The molecule has 0 spiro atoms. The van der Waals surface area contributed by atoms with Gasteiger partial charge in [0.2, 0.25) is 5.91 Å². The number of thioether (sulfide) groups is 1. The molecule has 0 aliphatic rings. The highest BCUT2D eigenvalue weighted by atomic mass is 79.9. The zero-order chi connectivity index (χ0) is 14.5. The summed E-state index contributed by atoms with van der Waals surface area (Å²) >= 11 is 10.6. The van der Waals surface area contributed by atoms with Crippen LogP contribution in [0.5, 0.6) is 0 Å². The number of carbonyl (C=O) groups excluding carboxylic acids is 1. The number of rotatable bonds is 4. The van der Waals surface area contributed by atoms with Crippen molar-refractivity contribution in [1.82, 2.24) is 0 Å². The number of amides is 1. The number of hydrogen-bond donors (Lipinski definition) is 1. The van der Waals surface area contributed by atoms with Crippen molar-refractivity contribution in [2.45, 2.75) is 4.90 Å². The Morgan fingerprint density at radius 2 is 1.95 bits per heavy atom. The number of carbonyl (C=O) groups is 1. The maximum absolute atomic E-state index is 12.7. The van der Waals surface area contributed by atoms with Crippen LogP contribution in [-0.2, 0) is 4.79 Å². The molecule has 0 saturated heterocycles. The molecule has 2 aromatic rings. The van der Waals surface area contributed by atoms with E-state index in [4.69, 9.17) is 11.6 Å². The van der Waals surface area contributed by atoms with E-state index in [1.54, 1.807) is 30.3 Å². The van der Waals surface area contributed by atoms with Crippen LogP contribution >= 0.6 is 39.3 Å². The quantitative estimate of drug-likeness (QED) is 0.765. The lowest BCUT2D eigenvalue weighted by Crippen LogP contribution is -2.14. The van der Waals surface area contributed by atoms with Crippen molar-refractivity contribution in [2.75, 3.05) is 11.1 Å². The topological polar surface area (TPSA) is 29.1 Å². The van der Waals surface area contributed by atoms with E-state index in [0.717, 1.165) is 9.37 Å². The predicted octanol–water partition coefficient (Wildman–Crippen LogP) is 4.97. The van der Waals surface area contributed by atoms with Crippen molar-refractivity contribution in [2.24, 2.45) is 0 Å². The SMILES string of the molecule is O=C(CSc1ccc(F)cc1)Nc1ccc(Br)cc1Cl. The molecular weight excluding hydrogens is 365 g/mol. The Bertz CT molecular complexity index is 621. The average Bonchev–Trinajstić information content (AvgIpc) is 2.41. The van der Waals surface area contributed by atoms with Crippen LogP contribution in [0.25, 0.3) is 0 Å². The smallest absolute Gasteiger partial charge is 0.234 e. The summed E-state index contributed by atoms with van der Waals surface area (Å²) in [6.07, 6.45) is 0. The first-order valence-electron chi connectivity index (χ1n) is 5.68. The lowest BCUT2D eigenvalue weighted by molar-refractivity contribution is -0.113. The molecule has 2 rings (SSSR count). The van der Waals surface area contributed by atoms with Crippen LogP contribution < -0.4 is 5.32 Å². The second-order valence-corrected chi connectivity index (χ2v) is 6.29. The summed E-state index contributed by atoms with van der Waals surface area (Å²) in [7, 11) is 0. The number of anilines is 1. The lowest BCUT2D eigenvalue weighted by atomic mass is 10.3. The van der Waals surface area contributed by atoms with E-state index in [0.29, 0.717) is 10.7 Å². The van der Waals surface area contributed by atoms with Crippen molar-refractivity contribution >= 4 is 50.9 Å². The molecule has 0 aliphatic carbocycles. The van der Waals surface area contributed by atoms with Crippen LogP contribution in [0.2, 0.25) is 5.02 Å². The molecule has 20 heavy (non-hydrogen) atoms.